The summed E-state index contributed by atoms with van der Waals surface area (Å²) in [5, 5.41) is 4.33. The lowest BCUT2D eigenvalue weighted by Crippen LogP contribution is -2.27. The number of rotatable bonds is 3. The summed E-state index contributed by atoms with van der Waals surface area (Å²) in [6.07, 6.45) is 0. The molecule has 0 aliphatic carbocycles. The van der Waals surface area contributed by atoms with E-state index < -0.39 is 0 Å². The first-order valence-electron chi connectivity index (χ1n) is 3.51. The molecule has 0 aromatic carbocycles. The normalized spacial score (nSPS) is 9.42. The van der Waals surface area contributed by atoms with E-state index in [-0.39, 0.29) is 18.2 Å². The van der Waals surface area contributed by atoms with Crippen molar-refractivity contribution in [1.29, 1.82) is 0 Å². The molecular weight excluding hydrogens is 174 g/mol. The average molecular weight is 183 g/mol. The molecule has 0 aliphatic rings. The fourth-order valence-corrected chi connectivity index (χ4v) is 1.34. The molecule has 1 amide bonds. The second-order valence-electron chi connectivity index (χ2n) is 2.36. The minimum Gasteiger partial charge on any atom is -0.344 e. The fourth-order valence-electron chi connectivity index (χ4n) is 0.700. The van der Waals surface area contributed by atoms with Gasteiger partial charge in [0.2, 0.25) is 0 Å². The van der Waals surface area contributed by atoms with Gasteiger partial charge >= 0.3 is 0 Å². The molecule has 0 bridgehead atoms. The van der Waals surface area contributed by atoms with Gasteiger partial charge in [0.25, 0.3) is 5.91 Å². The van der Waals surface area contributed by atoms with E-state index in [9.17, 15) is 9.59 Å². The zero-order valence-electron chi connectivity index (χ0n) is 6.66. The zero-order valence-corrected chi connectivity index (χ0v) is 7.48. The Morgan fingerprint density at radius 2 is 2.33 bits per heavy atom. The van der Waals surface area contributed by atoms with Gasteiger partial charge in [0.1, 0.15) is 5.78 Å². The van der Waals surface area contributed by atoms with Crippen molar-refractivity contribution in [3.05, 3.63) is 22.4 Å². The lowest BCUT2D eigenvalue weighted by atomic mass is 10.4. The van der Waals surface area contributed by atoms with Crippen LogP contribution in [0.2, 0.25) is 0 Å². The number of ketones is 1. The van der Waals surface area contributed by atoms with E-state index >= 15 is 0 Å². The highest BCUT2D eigenvalue weighted by molar-refractivity contribution is 7.12. The standard InChI is InChI=1S/C8H9NO2S/c1-6(10)5-9-8(11)7-3-2-4-12-7/h2-4H,5H2,1H3,(H,9,11). The van der Waals surface area contributed by atoms with Crippen molar-refractivity contribution in [1.82, 2.24) is 5.32 Å². The van der Waals surface area contributed by atoms with Gasteiger partial charge in [-0.2, -0.15) is 0 Å². The van der Waals surface area contributed by atoms with Crippen LogP contribution in [0, 0.1) is 0 Å². The number of thiophene rings is 1. The molecular formula is C8H9NO2S. The van der Waals surface area contributed by atoms with Crippen molar-refractivity contribution < 1.29 is 9.59 Å². The van der Waals surface area contributed by atoms with Crippen molar-refractivity contribution in [2.24, 2.45) is 0 Å². The third-order valence-corrected chi connectivity index (χ3v) is 2.11. The summed E-state index contributed by atoms with van der Waals surface area (Å²) in [5.41, 5.74) is 0. The molecule has 1 rings (SSSR count). The van der Waals surface area contributed by atoms with E-state index in [0.717, 1.165) is 0 Å². The van der Waals surface area contributed by atoms with Gasteiger partial charge in [-0.3, -0.25) is 9.59 Å². The molecule has 0 unspecified atom stereocenters. The highest BCUT2D eigenvalue weighted by atomic mass is 32.1. The van der Waals surface area contributed by atoms with Crippen LogP contribution < -0.4 is 5.32 Å². The number of carbonyl (C=O) groups excluding carboxylic acids is 2. The molecule has 0 spiro atoms. The molecule has 1 aromatic heterocycles. The minimum atomic E-state index is -0.180. The van der Waals surface area contributed by atoms with Crippen LogP contribution in [-0.2, 0) is 4.79 Å². The van der Waals surface area contributed by atoms with Gasteiger partial charge in [-0.05, 0) is 18.4 Å². The van der Waals surface area contributed by atoms with E-state index in [1.165, 1.54) is 18.3 Å². The Balaban J connectivity index is 2.45. The Kier molecular flexibility index (Phi) is 2.99. The van der Waals surface area contributed by atoms with Crippen molar-refractivity contribution in [3.63, 3.8) is 0 Å². The molecule has 3 nitrogen and oxygen atoms in total. The first-order chi connectivity index (χ1) is 5.70. The monoisotopic (exact) mass is 183 g/mol. The summed E-state index contributed by atoms with van der Waals surface area (Å²) < 4.78 is 0. The summed E-state index contributed by atoms with van der Waals surface area (Å²) in [7, 11) is 0. The van der Waals surface area contributed by atoms with Crippen molar-refractivity contribution >= 4 is 23.0 Å². The number of amides is 1. The van der Waals surface area contributed by atoms with Gasteiger partial charge in [0, 0.05) is 0 Å². The highest BCUT2D eigenvalue weighted by Crippen LogP contribution is 2.07. The minimum absolute atomic E-state index is 0.0418. The summed E-state index contributed by atoms with van der Waals surface area (Å²) in [6, 6.07) is 3.52. The summed E-state index contributed by atoms with van der Waals surface area (Å²) in [5.74, 6) is -0.222. The van der Waals surface area contributed by atoms with Crippen molar-refractivity contribution in [2.45, 2.75) is 6.92 Å². The lowest BCUT2D eigenvalue weighted by molar-refractivity contribution is -0.116. The predicted molar refractivity (Wildman–Crippen MR) is 47.3 cm³/mol. The Bertz CT molecular complexity index is 279. The van der Waals surface area contributed by atoms with Crippen LogP contribution in [0.1, 0.15) is 16.6 Å². The Hall–Kier alpha value is -1.16. The van der Waals surface area contributed by atoms with Crippen LogP contribution in [0.3, 0.4) is 0 Å². The van der Waals surface area contributed by atoms with Crippen LogP contribution >= 0.6 is 11.3 Å². The first kappa shape index (κ1) is 8.93. The maximum atomic E-state index is 11.2. The highest BCUT2D eigenvalue weighted by Gasteiger charge is 2.05. The van der Waals surface area contributed by atoms with Gasteiger partial charge in [0.05, 0.1) is 11.4 Å². The van der Waals surface area contributed by atoms with Gasteiger partial charge in [0.15, 0.2) is 0 Å². The topological polar surface area (TPSA) is 46.2 Å². The number of nitrogens with one attached hydrogen (secondary N) is 1. The molecule has 0 aliphatic heterocycles. The van der Waals surface area contributed by atoms with Gasteiger partial charge in [-0.1, -0.05) is 6.07 Å². The number of carbonyl (C=O) groups is 2. The lowest BCUT2D eigenvalue weighted by Gasteiger charge is -1.98. The van der Waals surface area contributed by atoms with Crippen LogP contribution in [0.25, 0.3) is 0 Å². The molecule has 4 heteroatoms. The smallest absolute Gasteiger partial charge is 0.261 e. The summed E-state index contributed by atoms with van der Waals surface area (Å²) in [6.45, 7) is 1.55. The second kappa shape index (κ2) is 4.01. The molecule has 1 aromatic rings. The van der Waals surface area contributed by atoms with Gasteiger partial charge < -0.3 is 5.32 Å². The van der Waals surface area contributed by atoms with Crippen molar-refractivity contribution in [2.75, 3.05) is 6.54 Å². The predicted octanol–water partition coefficient (Wildman–Crippen LogP) is 1.07. The maximum Gasteiger partial charge on any atom is 0.261 e. The van der Waals surface area contributed by atoms with Crippen LogP contribution in [-0.4, -0.2) is 18.2 Å². The van der Waals surface area contributed by atoms with E-state index in [1.54, 1.807) is 12.1 Å². The van der Waals surface area contributed by atoms with Gasteiger partial charge in [-0.15, -0.1) is 11.3 Å². The molecule has 0 fully saturated rings. The Morgan fingerprint density at radius 1 is 1.58 bits per heavy atom. The van der Waals surface area contributed by atoms with Crippen LogP contribution in [0.4, 0.5) is 0 Å². The quantitative estimate of drug-likeness (QED) is 0.761. The largest absolute Gasteiger partial charge is 0.344 e. The zero-order chi connectivity index (χ0) is 8.97. The fraction of sp³-hybridized carbons (Fsp3) is 0.250. The molecule has 64 valence electrons. The number of hydrogen-bond acceptors (Lipinski definition) is 3. The van der Waals surface area contributed by atoms with E-state index in [1.807, 2.05) is 5.38 Å². The van der Waals surface area contributed by atoms with E-state index in [0.29, 0.717) is 4.88 Å². The molecule has 0 saturated heterocycles. The van der Waals surface area contributed by atoms with E-state index in [4.69, 9.17) is 0 Å². The molecule has 0 saturated carbocycles. The molecule has 0 radical (unpaired) electrons. The second-order valence-corrected chi connectivity index (χ2v) is 3.31. The summed E-state index contributed by atoms with van der Waals surface area (Å²) >= 11 is 1.36. The molecule has 0 atom stereocenters. The average Bonchev–Trinajstić information content (AvgIpc) is 2.51. The number of hydrogen-bond donors (Lipinski definition) is 1. The Labute approximate surface area is 74.4 Å². The SMILES string of the molecule is CC(=O)CNC(=O)c1cccs1. The van der Waals surface area contributed by atoms with Crippen LogP contribution in [0.5, 0.6) is 0 Å². The molecule has 1 heterocycles. The Morgan fingerprint density at radius 3 is 2.83 bits per heavy atom. The molecule has 12 heavy (non-hydrogen) atoms. The van der Waals surface area contributed by atoms with Crippen molar-refractivity contribution in [3.8, 4) is 0 Å². The first-order valence-corrected chi connectivity index (χ1v) is 4.39. The van der Waals surface area contributed by atoms with Crippen LogP contribution in [0.15, 0.2) is 17.5 Å². The van der Waals surface area contributed by atoms with E-state index in [2.05, 4.69) is 5.32 Å². The molecule has 1 N–H and O–H groups in total. The maximum absolute atomic E-state index is 11.2. The summed E-state index contributed by atoms with van der Waals surface area (Å²) in [4.78, 5) is 22.3. The third-order valence-electron chi connectivity index (χ3n) is 1.24. The van der Waals surface area contributed by atoms with Gasteiger partial charge in [-0.25, -0.2) is 0 Å². The number of Topliss-reactive ketones (excluding diaryl/α,β-unsaturated/α-hetero) is 1. The third kappa shape index (κ3) is 2.47.